The summed E-state index contributed by atoms with van der Waals surface area (Å²) in [4.78, 5) is 25.1. The Morgan fingerprint density at radius 3 is 2.78 bits per heavy atom. The number of para-hydroxylation sites is 1. The van der Waals surface area contributed by atoms with Crippen LogP contribution in [0, 0.1) is 0 Å². The van der Waals surface area contributed by atoms with Crippen molar-refractivity contribution in [2.45, 2.75) is 32.2 Å². The van der Waals surface area contributed by atoms with Gasteiger partial charge in [-0.05, 0) is 18.6 Å². The van der Waals surface area contributed by atoms with Crippen LogP contribution in [0.3, 0.4) is 0 Å². The lowest BCUT2D eigenvalue weighted by Crippen LogP contribution is -2.36. The fourth-order valence-corrected chi connectivity index (χ4v) is 2.19. The van der Waals surface area contributed by atoms with E-state index in [1.807, 2.05) is 37.3 Å². The molecule has 2 amide bonds. The normalized spacial score (nSPS) is 19.1. The van der Waals surface area contributed by atoms with Crippen molar-refractivity contribution in [2.24, 2.45) is 0 Å². The molecule has 0 aromatic heterocycles. The van der Waals surface area contributed by atoms with Crippen molar-refractivity contribution in [3.05, 3.63) is 30.3 Å². The number of carbonyl (C=O) groups is 2. The SMILES string of the molecule is CCCC(=O)N[C@H]1CC(=O)N(c2ccccc2)C1. The molecular weight excluding hydrogens is 228 g/mol. The van der Waals surface area contributed by atoms with E-state index in [1.165, 1.54) is 0 Å². The summed E-state index contributed by atoms with van der Waals surface area (Å²) in [6.45, 7) is 2.54. The minimum atomic E-state index is -0.0586. The van der Waals surface area contributed by atoms with Crippen LogP contribution in [0.5, 0.6) is 0 Å². The number of rotatable bonds is 4. The molecule has 0 radical (unpaired) electrons. The second-order valence-electron chi connectivity index (χ2n) is 4.56. The van der Waals surface area contributed by atoms with Crippen LogP contribution in [0.15, 0.2) is 30.3 Å². The Morgan fingerprint density at radius 2 is 2.11 bits per heavy atom. The number of carbonyl (C=O) groups excluding carboxylic acids is 2. The minimum Gasteiger partial charge on any atom is -0.351 e. The molecule has 96 valence electrons. The molecule has 1 saturated heterocycles. The molecule has 0 saturated carbocycles. The van der Waals surface area contributed by atoms with E-state index in [2.05, 4.69) is 5.32 Å². The fraction of sp³-hybridized carbons (Fsp3) is 0.429. The van der Waals surface area contributed by atoms with Gasteiger partial charge in [0.15, 0.2) is 0 Å². The summed E-state index contributed by atoms with van der Waals surface area (Å²) in [6.07, 6.45) is 1.75. The van der Waals surface area contributed by atoms with Gasteiger partial charge < -0.3 is 10.2 Å². The number of anilines is 1. The van der Waals surface area contributed by atoms with Crippen molar-refractivity contribution in [1.82, 2.24) is 5.32 Å². The quantitative estimate of drug-likeness (QED) is 0.879. The van der Waals surface area contributed by atoms with Crippen molar-refractivity contribution in [3.8, 4) is 0 Å². The molecule has 1 aliphatic rings. The zero-order valence-corrected chi connectivity index (χ0v) is 10.6. The first-order valence-corrected chi connectivity index (χ1v) is 6.35. The van der Waals surface area contributed by atoms with Crippen molar-refractivity contribution < 1.29 is 9.59 Å². The highest BCUT2D eigenvalue weighted by Gasteiger charge is 2.31. The zero-order chi connectivity index (χ0) is 13.0. The van der Waals surface area contributed by atoms with Crippen molar-refractivity contribution in [3.63, 3.8) is 0 Å². The predicted molar refractivity (Wildman–Crippen MR) is 70.3 cm³/mol. The molecule has 1 N–H and O–H groups in total. The van der Waals surface area contributed by atoms with Crippen LogP contribution in [-0.2, 0) is 9.59 Å². The number of amides is 2. The zero-order valence-electron chi connectivity index (χ0n) is 10.6. The molecule has 0 aliphatic carbocycles. The molecule has 1 heterocycles. The number of hydrogen-bond donors (Lipinski definition) is 1. The second-order valence-corrected chi connectivity index (χ2v) is 4.56. The maximum absolute atomic E-state index is 11.9. The van der Waals surface area contributed by atoms with Gasteiger partial charge in [0.2, 0.25) is 11.8 Å². The molecule has 1 atom stereocenters. The maximum atomic E-state index is 11.9. The Labute approximate surface area is 107 Å². The molecule has 4 nitrogen and oxygen atoms in total. The lowest BCUT2D eigenvalue weighted by molar-refractivity contribution is -0.121. The topological polar surface area (TPSA) is 49.4 Å². The number of benzene rings is 1. The van der Waals surface area contributed by atoms with E-state index in [9.17, 15) is 9.59 Å². The largest absolute Gasteiger partial charge is 0.351 e. The monoisotopic (exact) mass is 246 g/mol. The average molecular weight is 246 g/mol. The van der Waals surface area contributed by atoms with Crippen LogP contribution in [-0.4, -0.2) is 24.4 Å². The van der Waals surface area contributed by atoms with Crippen LogP contribution in [0.25, 0.3) is 0 Å². The molecule has 2 rings (SSSR count). The third-order valence-corrected chi connectivity index (χ3v) is 3.04. The van der Waals surface area contributed by atoms with Crippen molar-refractivity contribution in [2.75, 3.05) is 11.4 Å². The Balaban J connectivity index is 1.97. The van der Waals surface area contributed by atoms with E-state index in [0.29, 0.717) is 19.4 Å². The van der Waals surface area contributed by atoms with Crippen LogP contribution in [0.2, 0.25) is 0 Å². The first kappa shape index (κ1) is 12.6. The summed E-state index contributed by atoms with van der Waals surface area (Å²) in [6, 6.07) is 9.50. The highest BCUT2D eigenvalue weighted by molar-refractivity contribution is 5.96. The predicted octanol–water partition coefficient (Wildman–Crippen LogP) is 1.71. The van der Waals surface area contributed by atoms with E-state index in [0.717, 1.165) is 12.1 Å². The second kappa shape index (κ2) is 5.67. The molecule has 1 aliphatic heterocycles. The van der Waals surface area contributed by atoms with Crippen LogP contribution >= 0.6 is 0 Å². The lowest BCUT2D eigenvalue weighted by Gasteiger charge is -2.17. The molecular formula is C14H18N2O2. The Bertz CT molecular complexity index is 431. The lowest BCUT2D eigenvalue weighted by atomic mass is 10.2. The van der Waals surface area contributed by atoms with Gasteiger partial charge in [0.1, 0.15) is 0 Å². The summed E-state index contributed by atoms with van der Waals surface area (Å²) >= 11 is 0. The van der Waals surface area contributed by atoms with Gasteiger partial charge in [0, 0.05) is 25.1 Å². The van der Waals surface area contributed by atoms with Crippen LogP contribution in [0.1, 0.15) is 26.2 Å². The van der Waals surface area contributed by atoms with Gasteiger partial charge in [-0.25, -0.2) is 0 Å². The van der Waals surface area contributed by atoms with Gasteiger partial charge in [-0.2, -0.15) is 0 Å². The Hall–Kier alpha value is -1.84. The summed E-state index contributed by atoms with van der Waals surface area (Å²) in [7, 11) is 0. The van der Waals surface area contributed by atoms with Crippen LogP contribution < -0.4 is 10.2 Å². The van der Waals surface area contributed by atoms with E-state index >= 15 is 0 Å². The van der Waals surface area contributed by atoms with E-state index in [1.54, 1.807) is 4.90 Å². The summed E-state index contributed by atoms with van der Waals surface area (Å²) < 4.78 is 0. The van der Waals surface area contributed by atoms with E-state index in [4.69, 9.17) is 0 Å². The van der Waals surface area contributed by atoms with Gasteiger partial charge in [-0.3, -0.25) is 9.59 Å². The molecule has 0 bridgehead atoms. The molecule has 18 heavy (non-hydrogen) atoms. The average Bonchev–Trinajstić information content (AvgIpc) is 2.71. The van der Waals surface area contributed by atoms with E-state index < -0.39 is 0 Å². The van der Waals surface area contributed by atoms with Gasteiger partial charge in [-0.15, -0.1) is 0 Å². The molecule has 0 unspecified atom stereocenters. The van der Waals surface area contributed by atoms with Gasteiger partial charge >= 0.3 is 0 Å². The van der Waals surface area contributed by atoms with Crippen molar-refractivity contribution in [1.29, 1.82) is 0 Å². The van der Waals surface area contributed by atoms with Gasteiger partial charge in [0.25, 0.3) is 0 Å². The smallest absolute Gasteiger partial charge is 0.229 e. The van der Waals surface area contributed by atoms with Gasteiger partial charge in [0.05, 0.1) is 6.04 Å². The Kier molecular flexibility index (Phi) is 3.97. The number of hydrogen-bond acceptors (Lipinski definition) is 2. The summed E-state index contributed by atoms with van der Waals surface area (Å²) in [5.41, 5.74) is 0.898. The Morgan fingerprint density at radius 1 is 1.39 bits per heavy atom. The molecule has 1 aromatic rings. The van der Waals surface area contributed by atoms with Crippen LogP contribution in [0.4, 0.5) is 5.69 Å². The fourth-order valence-electron chi connectivity index (χ4n) is 2.19. The van der Waals surface area contributed by atoms with Gasteiger partial charge in [-0.1, -0.05) is 25.1 Å². The number of nitrogens with one attached hydrogen (secondary N) is 1. The first-order valence-electron chi connectivity index (χ1n) is 6.35. The number of nitrogens with zero attached hydrogens (tertiary/aromatic N) is 1. The third-order valence-electron chi connectivity index (χ3n) is 3.04. The van der Waals surface area contributed by atoms with Crippen molar-refractivity contribution >= 4 is 17.5 Å². The molecule has 1 fully saturated rings. The highest BCUT2D eigenvalue weighted by Crippen LogP contribution is 2.20. The first-order chi connectivity index (χ1) is 8.70. The highest BCUT2D eigenvalue weighted by atomic mass is 16.2. The molecule has 1 aromatic carbocycles. The summed E-state index contributed by atoms with van der Waals surface area (Å²) in [5.74, 6) is 0.105. The summed E-state index contributed by atoms with van der Waals surface area (Å²) in [5, 5.41) is 2.91. The minimum absolute atomic E-state index is 0.0326. The third kappa shape index (κ3) is 2.88. The van der Waals surface area contributed by atoms with E-state index in [-0.39, 0.29) is 17.9 Å². The molecule has 4 heteroatoms. The maximum Gasteiger partial charge on any atom is 0.229 e. The standard InChI is InChI=1S/C14H18N2O2/c1-2-6-13(17)15-11-9-14(18)16(10-11)12-7-4-3-5-8-12/h3-5,7-8,11H,2,6,9-10H2,1H3,(H,15,17)/t11-/m0/s1. The molecule has 0 spiro atoms.